The number of hydrogen-bond acceptors (Lipinski definition) is 3. The Morgan fingerprint density at radius 2 is 1.70 bits per heavy atom. The molecule has 0 atom stereocenters. The maximum absolute atomic E-state index is 5.15. The second kappa shape index (κ2) is 10.7. The third-order valence-corrected chi connectivity index (χ3v) is 3.59. The summed E-state index contributed by atoms with van der Waals surface area (Å²) in [6.07, 6.45) is 3.18. The third-order valence-electron chi connectivity index (χ3n) is 2.40. The highest BCUT2D eigenvalue weighted by Gasteiger charge is 1.97. The maximum Gasteiger partial charge on any atom is 0.185 e. The van der Waals surface area contributed by atoms with Crippen LogP contribution in [0.4, 0.5) is 0 Å². The van der Waals surface area contributed by atoms with Gasteiger partial charge in [0.25, 0.3) is 0 Å². The Morgan fingerprint density at radius 3 is 2.35 bits per heavy atom. The van der Waals surface area contributed by atoms with Crippen molar-refractivity contribution in [2.24, 2.45) is 0 Å². The Bertz CT molecular complexity index is 411. The zero-order valence-corrected chi connectivity index (χ0v) is 13.9. The Kier molecular flexibility index (Phi) is 9.10. The first-order chi connectivity index (χ1) is 9.72. The van der Waals surface area contributed by atoms with Crippen LogP contribution >= 0.6 is 36.2 Å². The van der Waals surface area contributed by atoms with Crippen molar-refractivity contribution in [3.05, 3.63) is 35.9 Å². The van der Waals surface area contributed by atoms with Crippen molar-refractivity contribution in [1.29, 1.82) is 0 Å². The number of benzene rings is 1. The van der Waals surface area contributed by atoms with Crippen molar-refractivity contribution < 1.29 is 0 Å². The zero-order chi connectivity index (χ0) is 14.6. The lowest BCUT2D eigenvalue weighted by molar-refractivity contribution is 0.763. The molecule has 7 heteroatoms. The standard InChI is InChI=1S/C13H20N4S3/c1-20-9-5-8-14-12(18)16-17-13(19)15-10-11-6-3-2-4-7-11/h2-4,6-7H,5,8-10H2,1H3,(H2,14,16,18)(H2,15,17,19). The molecule has 0 heterocycles. The van der Waals surface area contributed by atoms with E-state index < -0.39 is 0 Å². The van der Waals surface area contributed by atoms with Gasteiger partial charge in [-0.05, 0) is 48.4 Å². The van der Waals surface area contributed by atoms with E-state index in [0.29, 0.717) is 16.8 Å². The number of hydrogen-bond donors (Lipinski definition) is 4. The fraction of sp³-hybridized carbons (Fsp3) is 0.385. The molecule has 4 nitrogen and oxygen atoms in total. The van der Waals surface area contributed by atoms with Crippen LogP contribution in [0.3, 0.4) is 0 Å². The molecule has 0 saturated carbocycles. The van der Waals surface area contributed by atoms with Crippen LogP contribution in [-0.2, 0) is 6.54 Å². The van der Waals surface area contributed by atoms with E-state index in [9.17, 15) is 0 Å². The molecule has 0 aromatic heterocycles. The van der Waals surface area contributed by atoms with Crippen LogP contribution in [0.5, 0.6) is 0 Å². The highest BCUT2D eigenvalue weighted by molar-refractivity contribution is 7.98. The molecule has 1 rings (SSSR count). The predicted octanol–water partition coefficient (Wildman–Crippen LogP) is 1.78. The quantitative estimate of drug-likeness (QED) is 0.361. The van der Waals surface area contributed by atoms with Gasteiger partial charge in [0.15, 0.2) is 10.2 Å². The fourth-order valence-corrected chi connectivity index (χ4v) is 2.11. The molecular formula is C13H20N4S3. The Labute approximate surface area is 135 Å². The Morgan fingerprint density at radius 1 is 1.05 bits per heavy atom. The minimum atomic E-state index is 0.516. The van der Waals surface area contributed by atoms with Crippen LogP contribution in [-0.4, -0.2) is 28.8 Å². The van der Waals surface area contributed by atoms with E-state index in [2.05, 4.69) is 27.7 Å². The fourth-order valence-electron chi connectivity index (χ4n) is 1.40. The smallest absolute Gasteiger partial charge is 0.185 e. The molecule has 0 saturated heterocycles. The van der Waals surface area contributed by atoms with Crippen molar-refractivity contribution in [3.8, 4) is 0 Å². The molecule has 0 radical (unpaired) electrons. The number of nitrogens with one attached hydrogen (secondary N) is 4. The van der Waals surface area contributed by atoms with Crippen molar-refractivity contribution in [1.82, 2.24) is 21.5 Å². The first-order valence-corrected chi connectivity index (χ1v) is 8.54. The molecule has 4 N–H and O–H groups in total. The highest BCUT2D eigenvalue weighted by atomic mass is 32.2. The van der Waals surface area contributed by atoms with E-state index in [0.717, 1.165) is 18.7 Å². The van der Waals surface area contributed by atoms with Gasteiger partial charge in [0.1, 0.15) is 0 Å². The summed E-state index contributed by atoms with van der Waals surface area (Å²) < 4.78 is 0. The van der Waals surface area contributed by atoms with E-state index in [4.69, 9.17) is 24.4 Å². The molecule has 1 aromatic carbocycles. The highest BCUT2D eigenvalue weighted by Crippen LogP contribution is 1.96. The summed E-state index contributed by atoms with van der Waals surface area (Å²) in [5.74, 6) is 1.13. The molecular weight excluding hydrogens is 308 g/mol. The summed E-state index contributed by atoms with van der Waals surface area (Å²) in [5, 5.41) is 7.27. The normalized spacial score (nSPS) is 9.65. The van der Waals surface area contributed by atoms with Crippen molar-refractivity contribution in [3.63, 3.8) is 0 Å². The third kappa shape index (κ3) is 8.19. The summed E-state index contributed by atoms with van der Waals surface area (Å²) in [7, 11) is 0. The minimum Gasteiger partial charge on any atom is -0.361 e. The molecule has 0 spiro atoms. The largest absolute Gasteiger partial charge is 0.361 e. The first-order valence-electron chi connectivity index (χ1n) is 6.33. The van der Waals surface area contributed by atoms with Gasteiger partial charge in [-0.25, -0.2) is 0 Å². The monoisotopic (exact) mass is 328 g/mol. The lowest BCUT2D eigenvalue weighted by atomic mass is 10.2. The van der Waals surface area contributed by atoms with Gasteiger partial charge in [0.05, 0.1) is 0 Å². The van der Waals surface area contributed by atoms with Crippen LogP contribution in [0, 0.1) is 0 Å². The van der Waals surface area contributed by atoms with Crippen LogP contribution < -0.4 is 21.5 Å². The number of hydrazine groups is 1. The average molecular weight is 329 g/mol. The SMILES string of the molecule is CSCCCNC(=S)NNC(=S)NCc1ccccc1. The van der Waals surface area contributed by atoms with E-state index in [1.165, 1.54) is 5.56 Å². The average Bonchev–Trinajstić information content (AvgIpc) is 2.48. The van der Waals surface area contributed by atoms with Gasteiger partial charge < -0.3 is 10.6 Å². The lowest BCUT2D eigenvalue weighted by Crippen LogP contribution is -2.50. The molecule has 0 aliphatic heterocycles. The second-order valence-electron chi connectivity index (χ2n) is 4.02. The van der Waals surface area contributed by atoms with Gasteiger partial charge in [0.2, 0.25) is 0 Å². The summed E-state index contributed by atoms with van der Waals surface area (Å²) >= 11 is 12.1. The lowest BCUT2D eigenvalue weighted by Gasteiger charge is -2.14. The molecule has 0 aliphatic carbocycles. The van der Waals surface area contributed by atoms with Crippen LogP contribution in [0.25, 0.3) is 0 Å². The molecule has 0 aliphatic rings. The molecule has 0 bridgehead atoms. The second-order valence-corrected chi connectivity index (χ2v) is 5.82. The van der Waals surface area contributed by atoms with Crippen LogP contribution in [0.15, 0.2) is 30.3 Å². The van der Waals surface area contributed by atoms with Gasteiger partial charge in [-0.2, -0.15) is 11.8 Å². The van der Waals surface area contributed by atoms with E-state index >= 15 is 0 Å². The molecule has 110 valence electrons. The van der Waals surface area contributed by atoms with E-state index in [1.807, 2.05) is 42.1 Å². The topological polar surface area (TPSA) is 48.1 Å². The Balaban J connectivity index is 2.09. The summed E-state index contributed by atoms with van der Waals surface area (Å²) in [6.45, 7) is 1.54. The van der Waals surface area contributed by atoms with Crippen molar-refractivity contribution in [2.75, 3.05) is 18.6 Å². The molecule has 20 heavy (non-hydrogen) atoms. The van der Waals surface area contributed by atoms with Crippen LogP contribution in [0.2, 0.25) is 0 Å². The summed E-state index contributed by atoms with van der Waals surface area (Å²) in [5.41, 5.74) is 6.89. The van der Waals surface area contributed by atoms with Crippen molar-refractivity contribution in [2.45, 2.75) is 13.0 Å². The van der Waals surface area contributed by atoms with Gasteiger partial charge in [-0.1, -0.05) is 30.3 Å². The van der Waals surface area contributed by atoms with Crippen LogP contribution in [0.1, 0.15) is 12.0 Å². The summed E-state index contributed by atoms with van der Waals surface area (Å²) in [6, 6.07) is 10.1. The molecule has 0 unspecified atom stereocenters. The first kappa shape index (κ1) is 17.0. The maximum atomic E-state index is 5.15. The Hall–Kier alpha value is -1.05. The molecule has 0 fully saturated rings. The molecule has 0 amide bonds. The zero-order valence-electron chi connectivity index (χ0n) is 11.4. The van der Waals surface area contributed by atoms with Gasteiger partial charge in [0, 0.05) is 13.1 Å². The predicted molar refractivity (Wildman–Crippen MR) is 95.8 cm³/mol. The van der Waals surface area contributed by atoms with E-state index in [-0.39, 0.29) is 0 Å². The van der Waals surface area contributed by atoms with Gasteiger partial charge in [-0.3, -0.25) is 10.9 Å². The number of thioether (sulfide) groups is 1. The summed E-state index contributed by atoms with van der Waals surface area (Å²) in [4.78, 5) is 0. The molecule has 1 aromatic rings. The van der Waals surface area contributed by atoms with Crippen molar-refractivity contribution >= 4 is 46.4 Å². The minimum absolute atomic E-state index is 0.516. The van der Waals surface area contributed by atoms with Gasteiger partial charge >= 0.3 is 0 Å². The van der Waals surface area contributed by atoms with Gasteiger partial charge in [-0.15, -0.1) is 0 Å². The number of rotatable bonds is 6. The number of thiocarbonyl (C=S) groups is 2. The van der Waals surface area contributed by atoms with E-state index in [1.54, 1.807) is 0 Å².